The van der Waals surface area contributed by atoms with E-state index in [1.54, 1.807) is 10.9 Å². The first-order valence-electron chi connectivity index (χ1n) is 5.59. The summed E-state index contributed by atoms with van der Waals surface area (Å²) >= 11 is 1.28. The Morgan fingerprint density at radius 1 is 1.59 bits per heavy atom. The first-order valence-corrected chi connectivity index (χ1v) is 6.37. The maximum absolute atomic E-state index is 12.2. The van der Waals surface area contributed by atoms with Crippen molar-refractivity contribution < 1.29 is 0 Å². The van der Waals surface area contributed by atoms with Crippen molar-refractivity contribution in [1.29, 1.82) is 0 Å². The van der Waals surface area contributed by atoms with E-state index in [4.69, 9.17) is 0 Å². The molecule has 92 valence electrons. The van der Waals surface area contributed by atoms with E-state index in [9.17, 15) is 4.79 Å². The van der Waals surface area contributed by atoms with Crippen molar-refractivity contribution >= 4 is 21.7 Å². The second kappa shape index (κ2) is 4.93. The van der Waals surface area contributed by atoms with E-state index in [0.29, 0.717) is 17.8 Å². The van der Waals surface area contributed by atoms with Crippen LogP contribution in [0.25, 0.3) is 10.2 Å². The van der Waals surface area contributed by atoms with Crippen LogP contribution in [0.15, 0.2) is 11.1 Å². The molecule has 0 aliphatic heterocycles. The van der Waals surface area contributed by atoms with E-state index >= 15 is 0 Å². The summed E-state index contributed by atoms with van der Waals surface area (Å²) in [6.07, 6.45) is 1.62. The van der Waals surface area contributed by atoms with Gasteiger partial charge in [-0.2, -0.15) is 4.37 Å². The smallest absolute Gasteiger partial charge is 0.263 e. The van der Waals surface area contributed by atoms with Gasteiger partial charge in [0.05, 0.1) is 17.4 Å². The first-order chi connectivity index (χ1) is 8.13. The van der Waals surface area contributed by atoms with Crippen molar-refractivity contribution in [2.75, 3.05) is 13.6 Å². The molecule has 6 heteroatoms. The molecular formula is C11H16N4OS. The molecule has 2 heterocycles. The predicted molar refractivity (Wildman–Crippen MR) is 69.5 cm³/mol. The Morgan fingerprint density at radius 3 is 3.06 bits per heavy atom. The summed E-state index contributed by atoms with van der Waals surface area (Å²) in [5.74, 6) is 0.392. The molecule has 0 bridgehead atoms. The zero-order chi connectivity index (χ0) is 12.4. The third-order valence-corrected chi connectivity index (χ3v) is 3.54. The van der Waals surface area contributed by atoms with Crippen LogP contribution >= 0.6 is 11.5 Å². The van der Waals surface area contributed by atoms with E-state index in [1.807, 2.05) is 14.0 Å². The summed E-state index contributed by atoms with van der Waals surface area (Å²) in [6.45, 7) is 5.51. The number of fused-ring (bicyclic) bond motifs is 1. The molecule has 5 nitrogen and oxygen atoms in total. The molecule has 17 heavy (non-hydrogen) atoms. The molecule has 0 radical (unpaired) electrons. The topological polar surface area (TPSA) is 59.8 Å². The maximum atomic E-state index is 12.2. The van der Waals surface area contributed by atoms with Gasteiger partial charge >= 0.3 is 0 Å². The highest BCUT2D eigenvalue weighted by Gasteiger charge is 2.11. The SMILES string of the molecule is CNCC(C)Cn1cnc2snc(C)c2c1=O. The van der Waals surface area contributed by atoms with Crippen molar-refractivity contribution in [1.82, 2.24) is 19.2 Å². The van der Waals surface area contributed by atoms with Gasteiger partial charge in [0, 0.05) is 6.54 Å². The summed E-state index contributed by atoms with van der Waals surface area (Å²) in [4.78, 5) is 17.2. The molecule has 1 N–H and O–H groups in total. The Kier molecular flexibility index (Phi) is 3.54. The van der Waals surface area contributed by atoms with Crippen LogP contribution in [0.4, 0.5) is 0 Å². The quantitative estimate of drug-likeness (QED) is 0.882. The van der Waals surface area contributed by atoms with Crippen LogP contribution in [-0.4, -0.2) is 27.5 Å². The van der Waals surface area contributed by atoms with E-state index in [0.717, 1.165) is 17.1 Å². The van der Waals surface area contributed by atoms with E-state index in [1.165, 1.54) is 11.5 Å². The van der Waals surface area contributed by atoms with Gasteiger partial charge in [0.15, 0.2) is 4.83 Å². The number of aromatic nitrogens is 3. The fourth-order valence-electron chi connectivity index (χ4n) is 1.89. The van der Waals surface area contributed by atoms with E-state index < -0.39 is 0 Å². The summed E-state index contributed by atoms with van der Waals surface area (Å²) < 4.78 is 5.84. The predicted octanol–water partition coefficient (Wildman–Crippen LogP) is 1.02. The fourth-order valence-corrected chi connectivity index (χ4v) is 2.62. The lowest BCUT2D eigenvalue weighted by Gasteiger charge is -2.12. The molecule has 0 aliphatic rings. The minimum absolute atomic E-state index is 0.0178. The number of hydrogen-bond acceptors (Lipinski definition) is 5. The average molecular weight is 252 g/mol. The number of nitrogens with one attached hydrogen (secondary N) is 1. The van der Waals surface area contributed by atoms with E-state index in [2.05, 4.69) is 21.6 Å². The Bertz CT molecular complexity index is 574. The molecule has 1 unspecified atom stereocenters. The fraction of sp³-hybridized carbons (Fsp3) is 0.545. The van der Waals surface area contributed by atoms with Gasteiger partial charge in [-0.1, -0.05) is 6.92 Å². The van der Waals surface area contributed by atoms with Crippen molar-refractivity contribution in [3.63, 3.8) is 0 Å². The zero-order valence-corrected chi connectivity index (χ0v) is 11.0. The lowest BCUT2D eigenvalue weighted by molar-refractivity contribution is 0.453. The van der Waals surface area contributed by atoms with Crippen LogP contribution < -0.4 is 10.9 Å². The Morgan fingerprint density at radius 2 is 2.35 bits per heavy atom. The minimum Gasteiger partial charge on any atom is -0.319 e. The van der Waals surface area contributed by atoms with Gasteiger partial charge in [0.2, 0.25) is 0 Å². The van der Waals surface area contributed by atoms with Gasteiger partial charge < -0.3 is 5.32 Å². The molecule has 0 amide bonds. The highest BCUT2D eigenvalue weighted by molar-refractivity contribution is 7.12. The Labute approximate surface area is 104 Å². The van der Waals surface area contributed by atoms with Gasteiger partial charge in [-0.25, -0.2) is 4.98 Å². The second-order valence-electron chi connectivity index (χ2n) is 4.31. The number of hydrogen-bond donors (Lipinski definition) is 1. The highest BCUT2D eigenvalue weighted by Crippen LogP contribution is 2.15. The minimum atomic E-state index is 0.0178. The summed E-state index contributed by atoms with van der Waals surface area (Å²) in [5.41, 5.74) is 0.794. The first kappa shape index (κ1) is 12.2. The van der Waals surface area contributed by atoms with Crippen LogP contribution in [0.5, 0.6) is 0 Å². The van der Waals surface area contributed by atoms with Gasteiger partial charge in [-0.05, 0) is 38.0 Å². The van der Waals surface area contributed by atoms with Gasteiger partial charge in [0.1, 0.15) is 0 Å². The average Bonchev–Trinajstić information content (AvgIpc) is 2.65. The third kappa shape index (κ3) is 2.37. The molecule has 0 saturated carbocycles. The molecule has 0 spiro atoms. The van der Waals surface area contributed by atoms with Crippen molar-refractivity contribution in [3.8, 4) is 0 Å². The van der Waals surface area contributed by atoms with Crippen LogP contribution in [0.2, 0.25) is 0 Å². The van der Waals surface area contributed by atoms with Gasteiger partial charge in [-0.3, -0.25) is 9.36 Å². The third-order valence-electron chi connectivity index (χ3n) is 2.69. The maximum Gasteiger partial charge on any atom is 0.263 e. The molecule has 0 saturated heterocycles. The van der Waals surface area contributed by atoms with Gasteiger partial charge in [0.25, 0.3) is 5.56 Å². The lowest BCUT2D eigenvalue weighted by atomic mass is 10.2. The van der Waals surface area contributed by atoms with Crippen LogP contribution in [-0.2, 0) is 6.54 Å². The van der Waals surface area contributed by atoms with Crippen LogP contribution in [0.1, 0.15) is 12.6 Å². The summed E-state index contributed by atoms with van der Waals surface area (Å²) in [5, 5.41) is 3.77. The molecule has 2 aromatic heterocycles. The van der Waals surface area contributed by atoms with Crippen molar-refractivity contribution in [2.45, 2.75) is 20.4 Å². The molecule has 2 aromatic rings. The number of nitrogens with zero attached hydrogens (tertiary/aromatic N) is 3. The van der Waals surface area contributed by atoms with Crippen molar-refractivity contribution in [3.05, 3.63) is 22.4 Å². The molecule has 0 fully saturated rings. The molecule has 0 aliphatic carbocycles. The second-order valence-corrected chi connectivity index (χ2v) is 5.06. The summed E-state index contributed by atoms with van der Waals surface area (Å²) in [7, 11) is 1.91. The Hall–Kier alpha value is -1.27. The molecule has 0 aromatic carbocycles. The Balaban J connectivity index is 2.39. The number of rotatable bonds is 4. The van der Waals surface area contributed by atoms with E-state index in [-0.39, 0.29) is 5.56 Å². The molecule has 2 rings (SSSR count). The summed E-state index contributed by atoms with van der Waals surface area (Å²) in [6, 6.07) is 0. The van der Waals surface area contributed by atoms with Crippen LogP contribution in [0, 0.1) is 12.8 Å². The molecular weight excluding hydrogens is 236 g/mol. The molecule has 1 atom stereocenters. The largest absolute Gasteiger partial charge is 0.319 e. The zero-order valence-electron chi connectivity index (χ0n) is 10.2. The normalized spacial score (nSPS) is 13.1. The van der Waals surface area contributed by atoms with Crippen molar-refractivity contribution in [2.24, 2.45) is 5.92 Å². The number of aryl methyl sites for hydroxylation is 1. The monoisotopic (exact) mass is 252 g/mol. The standard InChI is InChI=1S/C11H16N4OS/c1-7(4-12-3)5-15-6-13-10-9(11(15)16)8(2)14-17-10/h6-7,12H,4-5H2,1-3H3. The van der Waals surface area contributed by atoms with Crippen LogP contribution in [0.3, 0.4) is 0 Å². The highest BCUT2D eigenvalue weighted by atomic mass is 32.1. The lowest BCUT2D eigenvalue weighted by Crippen LogP contribution is -2.27. The van der Waals surface area contributed by atoms with Gasteiger partial charge in [-0.15, -0.1) is 0 Å².